The number of hydrogen-bond donors (Lipinski definition) is 1. The van der Waals surface area contributed by atoms with Gasteiger partial charge in [-0.2, -0.15) is 0 Å². The second-order valence-corrected chi connectivity index (χ2v) is 11.8. The van der Waals surface area contributed by atoms with Crippen LogP contribution in [-0.4, -0.2) is 48.0 Å². The predicted molar refractivity (Wildman–Crippen MR) is 142 cm³/mol. The first-order chi connectivity index (χ1) is 17.4. The highest BCUT2D eigenvalue weighted by atomic mass is 32.2. The summed E-state index contributed by atoms with van der Waals surface area (Å²) in [6.07, 6.45) is 2.41. The molecule has 1 fully saturated rings. The van der Waals surface area contributed by atoms with Gasteiger partial charge in [-0.05, 0) is 82.9 Å². The topological polar surface area (TPSA) is 114 Å². The molecule has 0 bridgehead atoms. The van der Waals surface area contributed by atoms with E-state index in [1.165, 1.54) is 18.3 Å². The van der Waals surface area contributed by atoms with Crippen LogP contribution in [0.1, 0.15) is 55.7 Å². The first kappa shape index (κ1) is 26.5. The number of nitrogens with one attached hydrogen (secondary N) is 1. The highest BCUT2D eigenvalue weighted by Crippen LogP contribution is 2.38. The average Bonchev–Trinajstić information content (AvgIpc) is 3.10. The molecule has 1 saturated heterocycles. The zero-order valence-electron chi connectivity index (χ0n) is 22.1. The van der Waals surface area contributed by atoms with Gasteiger partial charge in [-0.3, -0.25) is 9.78 Å². The van der Waals surface area contributed by atoms with Crippen molar-refractivity contribution in [3.63, 3.8) is 0 Å². The van der Waals surface area contributed by atoms with E-state index in [4.69, 9.17) is 9.72 Å². The van der Waals surface area contributed by atoms with E-state index in [2.05, 4.69) is 40.4 Å². The van der Waals surface area contributed by atoms with Gasteiger partial charge in [0, 0.05) is 24.3 Å². The molecule has 37 heavy (non-hydrogen) atoms. The van der Waals surface area contributed by atoms with Crippen LogP contribution in [-0.2, 0) is 10.0 Å². The van der Waals surface area contributed by atoms with Crippen molar-refractivity contribution in [1.82, 2.24) is 19.7 Å². The molecule has 4 heterocycles. The fourth-order valence-corrected chi connectivity index (χ4v) is 6.07. The summed E-state index contributed by atoms with van der Waals surface area (Å²) in [7, 11) is -4.14. The number of rotatable bonds is 7. The van der Waals surface area contributed by atoms with E-state index in [1.807, 2.05) is 26.0 Å². The van der Waals surface area contributed by atoms with Crippen LogP contribution in [0, 0.1) is 19.8 Å². The van der Waals surface area contributed by atoms with Crippen molar-refractivity contribution in [3.8, 4) is 17.3 Å². The van der Waals surface area contributed by atoms with E-state index in [0.717, 1.165) is 12.0 Å². The highest BCUT2D eigenvalue weighted by molar-refractivity contribution is 7.90. The molecule has 0 saturated carbocycles. The van der Waals surface area contributed by atoms with E-state index < -0.39 is 15.9 Å². The molecule has 196 valence electrons. The van der Waals surface area contributed by atoms with Gasteiger partial charge in [0.05, 0.1) is 29.3 Å². The van der Waals surface area contributed by atoms with E-state index in [1.54, 1.807) is 19.1 Å². The molecule has 1 N–H and O–H groups in total. The van der Waals surface area contributed by atoms with Gasteiger partial charge < -0.3 is 9.64 Å². The van der Waals surface area contributed by atoms with Crippen LogP contribution in [0.2, 0.25) is 0 Å². The number of aryl methyl sites for hydroxylation is 2. The van der Waals surface area contributed by atoms with Crippen molar-refractivity contribution in [2.75, 3.05) is 18.1 Å². The molecule has 3 aromatic heterocycles. The third kappa shape index (κ3) is 5.58. The number of ether oxygens (including phenoxy) is 1. The maximum Gasteiger partial charge on any atom is 0.268 e. The minimum atomic E-state index is -4.14. The van der Waals surface area contributed by atoms with E-state index >= 15 is 0 Å². The van der Waals surface area contributed by atoms with Gasteiger partial charge in [0.1, 0.15) is 10.7 Å². The minimum Gasteiger partial charge on any atom is -0.478 e. The summed E-state index contributed by atoms with van der Waals surface area (Å²) >= 11 is 0. The lowest BCUT2D eigenvalue weighted by Gasteiger charge is -2.34. The second-order valence-electron chi connectivity index (χ2n) is 10.1. The van der Waals surface area contributed by atoms with Gasteiger partial charge in [-0.25, -0.2) is 23.1 Å². The zero-order valence-corrected chi connectivity index (χ0v) is 22.9. The summed E-state index contributed by atoms with van der Waals surface area (Å²) in [6, 6.07) is 10.00. The van der Waals surface area contributed by atoms with Crippen LogP contribution in [0.5, 0.6) is 5.88 Å². The number of nitrogens with zero attached hydrogens (tertiary/aromatic N) is 4. The SMILES string of the molecule is CCOc1cc(C)cc(-c2ccc(C(=O)NS(=O)(=O)c3cccnc3C)c(N3C[C@@H](C)CC3(C)C)n2)n1. The summed E-state index contributed by atoms with van der Waals surface area (Å²) < 4.78 is 33.9. The minimum absolute atomic E-state index is 0.0444. The summed E-state index contributed by atoms with van der Waals surface area (Å²) in [4.78, 5) is 29.0. The molecular weight excluding hydrogens is 490 g/mol. The largest absolute Gasteiger partial charge is 0.478 e. The number of hydrogen-bond acceptors (Lipinski definition) is 8. The molecule has 1 aliphatic rings. The van der Waals surface area contributed by atoms with Crippen molar-refractivity contribution in [1.29, 1.82) is 0 Å². The van der Waals surface area contributed by atoms with Gasteiger partial charge in [-0.15, -0.1) is 0 Å². The first-order valence-electron chi connectivity index (χ1n) is 12.3. The van der Waals surface area contributed by atoms with Crippen LogP contribution in [0.25, 0.3) is 11.4 Å². The molecule has 3 aromatic rings. The van der Waals surface area contributed by atoms with Crippen LogP contribution < -0.4 is 14.4 Å². The number of carbonyl (C=O) groups is 1. The molecule has 4 rings (SSSR count). The molecule has 0 unspecified atom stereocenters. The van der Waals surface area contributed by atoms with E-state index in [9.17, 15) is 13.2 Å². The van der Waals surface area contributed by atoms with Gasteiger partial charge in [-0.1, -0.05) is 6.92 Å². The molecule has 0 aliphatic carbocycles. The summed E-state index contributed by atoms with van der Waals surface area (Å²) in [5, 5.41) is 0. The fraction of sp³-hybridized carbons (Fsp3) is 0.407. The number of aromatic nitrogens is 3. The van der Waals surface area contributed by atoms with Crippen LogP contribution in [0.15, 0.2) is 47.5 Å². The Morgan fingerprint density at radius 1 is 1.16 bits per heavy atom. The maximum absolute atomic E-state index is 13.4. The van der Waals surface area contributed by atoms with Crippen molar-refractivity contribution < 1.29 is 17.9 Å². The summed E-state index contributed by atoms with van der Waals surface area (Å²) in [5.41, 5.74) is 2.34. The van der Waals surface area contributed by atoms with E-state index in [-0.39, 0.29) is 16.0 Å². The monoisotopic (exact) mass is 523 g/mol. The third-order valence-corrected chi connectivity index (χ3v) is 7.89. The Hall–Kier alpha value is -3.53. The normalized spacial score (nSPS) is 17.0. The van der Waals surface area contributed by atoms with Gasteiger partial charge >= 0.3 is 0 Å². The third-order valence-electron chi connectivity index (χ3n) is 6.42. The Morgan fingerprint density at radius 3 is 2.57 bits per heavy atom. The molecule has 10 heteroatoms. The zero-order chi connectivity index (χ0) is 27.0. The number of anilines is 1. The smallest absolute Gasteiger partial charge is 0.268 e. The van der Waals surface area contributed by atoms with Crippen LogP contribution in [0.4, 0.5) is 5.82 Å². The van der Waals surface area contributed by atoms with Crippen molar-refractivity contribution in [2.45, 2.75) is 58.4 Å². The first-order valence-corrected chi connectivity index (χ1v) is 13.8. The molecule has 0 spiro atoms. The lowest BCUT2D eigenvalue weighted by Crippen LogP contribution is -2.41. The summed E-state index contributed by atoms with van der Waals surface area (Å²) in [5.74, 6) is 0.541. The van der Waals surface area contributed by atoms with Gasteiger partial charge in [0.15, 0.2) is 0 Å². The summed E-state index contributed by atoms with van der Waals surface area (Å²) in [6.45, 7) is 12.9. The molecule has 0 radical (unpaired) electrons. The Balaban J connectivity index is 1.80. The highest BCUT2D eigenvalue weighted by Gasteiger charge is 2.39. The molecule has 1 aliphatic heterocycles. The number of sulfonamides is 1. The Bertz CT molecular complexity index is 1440. The van der Waals surface area contributed by atoms with Crippen LogP contribution >= 0.6 is 0 Å². The molecule has 1 amide bonds. The Morgan fingerprint density at radius 2 is 1.92 bits per heavy atom. The molecular formula is C27H33N5O4S. The quantitative estimate of drug-likeness (QED) is 0.488. The molecule has 0 aromatic carbocycles. The average molecular weight is 524 g/mol. The van der Waals surface area contributed by atoms with E-state index in [0.29, 0.717) is 47.8 Å². The van der Waals surface area contributed by atoms with Gasteiger partial charge in [0.25, 0.3) is 15.9 Å². The second kappa shape index (κ2) is 10.1. The lowest BCUT2D eigenvalue weighted by atomic mass is 9.97. The van der Waals surface area contributed by atoms with Gasteiger partial charge in [0.2, 0.25) is 5.88 Å². The molecule has 9 nitrogen and oxygen atoms in total. The fourth-order valence-electron chi connectivity index (χ4n) is 4.91. The van der Waals surface area contributed by atoms with Crippen molar-refractivity contribution in [3.05, 3.63) is 59.4 Å². The Kier molecular flexibility index (Phi) is 7.23. The number of carbonyl (C=O) groups excluding carboxylic acids is 1. The maximum atomic E-state index is 13.4. The molecule has 1 atom stereocenters. The van der Waals surface area contributed by atoms with Crippen molar-refractivity contribution in [2.24, 2.45) is 5.92 Å². The Labute approximate surface area is 218 Å². The standard InChI is InChI=1S/C27H33N5O4S/c1-7-36-24-14-17(2)13-22(29-24)21-11-10-20(25(30-21)32-16-18(3)15-27(32,5)6)26(33)31-37(34,35)23-9-8-12-28-19(23)4/h8-14,18H,7,15-16H2,1-6H3,(H,31,33)/t18-/m0/s1. The lowest BCUT2D eigenvalue weighted by molar-refractivity contribution is 0.0981. The number of amides is 1. The predicted octanol–water partition coefficient (Wildman–Crippen LogP) is 4.30. The van der Waals surface area contributed by atoms with Crippen LogP contribution in [0.3, 0.4) is 0 Å². The number of pyridine rings is 3. The van der Waals surface area contributed by atoms with Crippen molar-refractivity contribution >= 4 is 21.7 Å².